The molecule has 0 aromatic carbocycles. The van der Waals surface area contributed by atoms with E-state index in [2.05, 4.69) is 49.7 Å². The average molecular weight is 426 g/mol. The average Bonchev–Trinajstić information content (AvgIpc) is 2.64. The van der Waals surface area contributed by atoms with Gasteiger partial charge in [0.1, 0.15) is 10.4 Å². The molecule has 1 heterocycles. The van der Waals surface area contributed by atoms with Crippen molar-refractivity contribution in [2.75, 3.05) is 32.0 Å². The Balaban J connectivity index is 2.66. The Hall–Kier alpha value is -2.23. The van der Waals surface area contributed by atoms with E-state index in [-0.39, 0.29) is 18.1 Å². The monoisotopic (exact) mass is 425 g/mol. The number of aromatic nitrogens is 2. The van der Waals surface area contributed by atoms with Crippen LogP contribution in [-0.2, 0) is 4.74 Å². The number of carbonyl (C=O) groups is 1. The molecular formula is C17H24BrN5O3. The number of nitrogens with two attached hydrogens (primary N) is 1. The van der Waals surface area contributed by atoms with E-state index >= 15 is 0 Å². The topological polar surface area (TPSA) is 122 Å². The number of nitrogens with zero attached hydrogens (tertiary/aromatic N) is 2. The van der Waals surface area contributed by atoms with Gasteiger partial charge < -0.3 is 26.2 Å². The van der Waals surface area contributed by atoms with E-state index < -0.39 is 5.91 Å². The molecule has 1 aromatic heterocycles. The first-order valence-corrected chi connectivity index (χ1v) is 8.85. The molecule has 0 fully saturated rings. The lowest BCUT2D eigenvalue weighted by Gasteiger charge is -2.13. The minimum absolute atomic E-state index is 0.00443. The van der Waals surface area contributed by atoms with E-state index in [4.69, 9.17) is 15.6 Å². The molecule has 0 saturated heterocycles. The summed E-state index contributed by atoms with van der Waals surface area (Å²) in [5, 5.41) is 14.5. The van der Waals surface area contributed by atoms with Crippen LogP contribution in [0.25, 0.3) is 0 Å². The van der Waals surface area contributed by atoms with Gasteiger partial charge in [-0.2, -0.15) is 0 Å². The van der Waals surface area contributed by atoms with Crippen molar-refractivity contribution in [3.05, 3.63) is 53.3 Å². The molecule has 26 heavy (non-hydrogen) atoms. The van der Waals surface area contributed by atoms with Crippen molar-refractivity contribution in [2.24, 2.45) is 0 Å². The van der Waals surface area contributed by atoms with E-state index in [1.165, 1.54) is 18.3 Å². The third-order valence-corrected chi connectivity index (χ3v) is 3.54. The molecule has 1 amide bonds. The number of nitrogen functional groups attached to an aromatic ring is 1. The molecule has 1 aromatic rings. The third kappa shape index (κ3) is 7.34. The van der Waals surface area contributed by atoms with Crippen molar-refractivity contribution in [3.63, 3.8) is 0 Å². The number of hydrogen-bond donors (Lipinski definition) is 4. The van der Waals surface area contributed by atoms with Crippen LogP contribution in [-0.4, -0.2) is 47.3 Å². The molecule has 0 atom stereocenters. The molecule has 0 bridgehead atoms. The van der Waals surface area contributed by atoms with E-state index in [1.807, 2.05) is 0 Å². The smallest absolute Gasteiger partial charge is 0.278 e. The van der Waals surface area contributed by atoms with Crippen molar-refractivity contribution in [1.29, 1.82) is 0 Å². The van der Waals surface area contributed by atoms with Crippen LogP contribution in [0.3, 0.4) is 0 Å². The molecule has 1 rings (SSSR count). The second-order valence-electron chi connectivity index (χ2n) is 5.10. The van der Waals surface area contributed by atoms with Crippen molar-refractivity contribution in [2.45, 2.75) is 12.8 Å². The first-order valence-electron chi connectivity index (χ1n) is 8.06. The van der Waals surface area contributed by atoms with Gasteiger partial charge in [-0.3, -0.25) is 4.79 Å². The molecule has 0 radical (unpaired) electrons. The molecule has 9 heteroatoms. The minimum atomic E-state index is -0.528. The van der Waals surface area contributed by atoms with Gasteiger partial charge in [-0.1, -0.05) is 13.2 Å². The Kier molecular flexibility index (Phi) is 10.2. The minimum Gasteiger partial charge on any atom is -0.491 e. The number of hydrogen-bond acceptors (Lipinski definition) is 7. The zero-order valence-corrected chi connectivity index (χ0v) is 16.1. The second-order valence-corrected chi connectivity index (χ2v) is 5.91. The lowest BCUT2D eigenvalue weighted by molar-refractivity contribution is 0.0959. The third-order valence-electron chi connectivity index (χ3n) is 3.16. The summed E-state index contributed by atoms with van der Waals surface area (Å²) in [6.45, 7) is 9.48. The highest BCUT2D eigenvalue weighted by atomic mass is 79.9. The van der Waals surface area contributed by atoms with Gasteiger partial charge in [0.2, 0.25) is 0 Å². The SMILES string of the molecule is C=C/C(NC(=O)c1nc(Br)cnc1N)=C(\C=C)OCCCNCCCO. The van der Waals surface area contributed by atoms with Gasteiger partial charge in [-0.25, -0.2) is 9.97 Å². The van der Waals surface area contributed by atoms with Crippen molar-refractivity contribution < 1.29 is 14.6 Å². The van der Waals surface area contributed by atoms with Crippen LogP contribution in [0, 0.1) is 0 Å². The van der Waals surface area contributed by atoms with Gasteiger partial charge in [0.25, 0.3) is 5.91 Å². The molecule has 0 aliphatic carbocycles. The zero-order valence-electron chi connectivity index (χ0n) is 14.5. The Morgan fingerprint density at radius 3 is 2.73 bits per heavy atom. The highest BCUT2D eigenvalue weighted by Crippen LogP contribution is 2.13. The van der Waals surface area contributed by atoms with Gasteiger partial charge in [-0.15, -0.1) is 0 Å². The maximum Gasteiger partial charge on any atom is 0.278 e. The normalized spacial score (nSPS) is 11.5. The maximum absolute atomic E-state index is 12.4. The molecule has 0 saturated carbocycles. The van der Waals surface area contributed by atoms with Crippen LogP contribution >= 0.6 is 15.9 Å². The molecule has 5 N–H and O–H groups in total. The highest BCUT2D eigenvalue weighted by molar-refractivity contribution is 9.10. The van der Waals surface area contributed by atoms with E-state index in [1.54, 1.807) is 0 Å². The predicted octanol–water partition coefficient (Wildman–Crippen LogP) is 1.51. The number of ether oxygens (including phenoxy) is 1. The predicted molar refractivity (Wildman–Crippen MR) is 104 cm³/mol. The lowest BCUT2D eigenvalue weighted by Crippen LogP contribution is -2.26. The summed E-state index contributed by atoms with van der Waals surface area (Å²) >= 11 is 3.15. The molecule has 8 nitrogen and oxygen atoms in total. The summed E-state index contributed by atoms with van der Waals surface area (Å²) in [6, 6.07) is 0. The first-order chi connectivity index (χ1) is 12.5. The fourth-order valence-corrected chi connectivity index (χ4v) is 2.17. The van der Waals surface area contributed by atoms with E-state index in [9.17, 15) is 4.79 Å². The molecular weight excluding hydrogens is 402 g/mol. The van der Waals surface area contributed by atoms with Crippen LogP contribution in [0.15, 0.2) is 47.6 Å². The number of amides is 1. The van der Waals surface area contributed by atoms with Gasteiger partial charge >= 0.3 is 0 Å². The van der Waals surface area contributed by atoms with Crippen molar-refractivity contribution >= 4 is 27.7 Å². The zero-order chi connectivity index (χ0) is 19.4. The van der Waals surface area contributed by atoms with Crippen LogP contribution in [0.1, 0.15) is 23.3 Å². The molecule has 0 spiro atoms. The fraction of sp³-hybridized carbons (Fsp3) is 0.353. The highest BCUT2D eigenvalue weighted by Gasteiger charge is 2.15. The Morgan fingerprint density at radius 2 is 2.08 bits per heavy atom. The number of anilines is 1. The Bertz CT molecular complexity index is 664. The molecule has 142 valence electrons. The van der Waals surface area contributed by atoms with Gasteiger partial charge in [0.15, 0.2) is 11.5 Å². The van der Waals surface area contributed by atoms with Crippen LogP contribution in [0.2, 0.25) is 0 Å². The quantitative estimate of drug-likeness (QED) is 0.227. The van der Waals surface area contributed by atoms with Crippen LogP contribution in [0.4, 0.5) is 5.82 Å². The van der Waals surface area contributed by atoms with Gasteiger partial charge in [0, 0.05) is 6.61 Å². The number of halogens is 1. The molecule has 0 unspecified atom stereocenters. The number of carbonyl (C=O) groups excluding carboxylic acids is 1. The maximum atomic E-state index is 12.4. The van der Waals surface area contributed by atoms with Gasteiger partial charge in [-0.05, 0) is 54.0 Å². The number of allylic oxidation sites excluding steroid dienone is 2. The van der Waals surface area contributed by atoms with Crippen molar-refractivity contribution in [1.82, 2.24) is 20.6 Å². The number of rotatable bonds is 12. The standard InChI is InChI=1S/C17H24BrN5O3/c1-3-12(13(4-2)26-10-6-8-20-7-5-9-24)22-17(25)15-16(19)21-11-14(18)23-15/h3-4,11,20,24H,1-2,5-10H2,(H2,19,21)(H,22,25)/b13-12-. The van der Waals surface area contributed by atoms with E-state index in [0.29, 0.717) is 29.1 Å². The van der Waals surface area contributed by atoms with Crippen LogP contribution in [0.5, 0.6) is 0 Å². The van der Waals surface area contributed by atoms with E-state index in [0.717, 1.165) is 19.5 Å². The summed E-state index contributed by atoms with van der Waals surface area (Å²) in [6.07, 6.45) is 5.82. The summed E-state index contributed by atoms with van der Waals surface area (Å²) in [7, 11) is 0. The number of aliphatic hydroxyl groups excluding tert-OH is 1. The summed E-state index contributed by atoms with van der Waals surface area (Å²) in [5.41, 5.74) is 6.05. The largest absolute Gasteiger partial charge is 0.491 e. The summed E-state index contributed by atoms with van der Waals surface area (Å²) in [4.78, 5) is 20.3. The Labute approximate surface area is 161 Å². The molecule has 0 aliphatic heterocycles. The first kappa shape index (κ1) is 21.8. The second kappa shape index (κ2) is 12.2. The lowest BCUT2D eigenvalue weighted by atomic mass is 10.3. The van der Waals surface area contributed by atoms with Crippen LogP contribution < -0.4 is 16.4 Å². The fourth-order valence-electron chi connectivity index (χ4n) is 1.89. The summed E-state index contributed by atoms with van der Waals surface area (Å²) in [5.74, 6) is -0.116. The Morgan fingerprint density at radius 1 is 1.35 bits per heavy atom. The molecule has 0 aliphatic rings. The van der Waals surface area contributed by atoms with Crippen molar-refractivity contribution in [3.8, 4) is 0 Å². The number of nitrogens with one attached hydrogen (secondary N) is 2. The van der Waals surface area contributed by atoms with Gasteiger partial charge in [0.05, 0.1) is 18.5 Å². The summed E-state index contributed by atoms with van der Waals surface area (Å²) < 4.78 is 6.05. The number of aliphatic hydroxyl groups is 1.